The molecule has 0 amide bonds. The number of carbonyl (C=O) groups is 1. The summed E-state index contributed by atoms with van der Waals surface area (Å²) < 4.78 is 26.5. The first-order chi connectivity index (χ1) is 20.1. The second kappa shape index (κ2) is 9.39. The van der Waals surface area contributed by atoms with Crippen LogP contribution in [0.3, 0.4) is 0 Å². The van der Waals surface area contributed by atoms with E-state index in [2.05, 4.69) is 47.6 Å². The highest BCUT2D eigenvalue weighted by Crippen LogP contribution is 2.76. The normalized spacial score (nSPS) is 50.2. The Bertz CT molecular complexity index is 1340. The number of benzene rings is 1. The van der Waals surface area contributed by atoms with E-state index in [1.165, 1.54) is 17.7 Å². The molecule has 4 unspecified atom stereocenters. The number of halogens is 1. The largest absolute Gasteiger partial charge is 0.481 e. The zero-order chi connectivity index (χ0) is 30.8. The molecule has 1 aromatic carbocycles. The number of hydrogen-bond acceptors (Lipinski definition) is 4. The fourth-order valence-corrected chi connectivity index (χ4v) is 12.2. The molecular weight excluding hydrogens is 543 g/mol. The van der Waals surface area contributed by atoms with Gasteiger partial charge in [-0.2, -0.15) is 0 Å². The van der Waals surface area contributed by atoms with Gasteiger partial charge in [-0.1, -0.05) is 65.3 Å². The minimum absolute atomic E-state index is 0.0184. The Labute approximate surface area is 256 Å². The first-order valence-corrected chi connectivity index (χ1v) is 16.7. The SMILES string of the molecule is CC1(C)CC[C@]2(C(=O)O)CC[C@]3(C)C(=CCC4[C@@]5(C)C[C@@H](O)[C@@H]6OC(c7ccc(F)cc7)OC[C@@]6(C)C5CC[C@]43C)C2C1. The Kier molecular flexibility index (Phi) is 6.53. The molecule has 2 N–H and O–H groups in total. The van der Waals surface area contributed by atoms with Gasteiger partial charge in [0.05, 0.1) is 24.2 Å². The summed E-state index contributed by atoms with van der Waals surface area (Å²) in [5, 5.41) is 22.5. The molecule has 0 spiro atoms. The van der Waals surface area contributed by atoms with Crippen LogP contribution >= 0.6 is 0 Å². The first kappa shape index (κ1) is 29.9. The van der Waals surface area contributed by atoms with Crippen molar-refractivity contribution in [2.45, 2.75) is 118 Å². The van der Waals surface area contributed by atoms with Crippen molar-refractivity contribution in [2.75, 3.05) is 6.61 Å². The predicted octanol–water partition coefficient (Wildman–Crippen LogP) is 8.08. The molecule has 6 heteroatoms. The number of aliphatic hydroxyl groups is 1. The number of carboxylic acids is 1. The molecule has 1 saturated heterocycles. The van der Waals surface area contributed by atoms with Crippen LogP contribution in [0.4, 0.5) is 4.39 Å². The topological polar surface area (TPSA) is 76.0 Å². The van der Waals surface area contributed by atoms with Crippen molar-refractivity contribution >= 4 is 5.97 Å². The molecule has 0 aromatic heterocycles. The summed E-state index contributed by atoms with van der Waals surface area (Å²) in [6.07, 6.45) is 9.04. The Morgan fingerprint density at radius 3 is 2.30 bits per heavy atom. The molecule has 7 rings (SSSR count). The lowest BCUT2D eigenvalue weighted by molar-refractivity contribution is -0.339. The highest BCUT2D eigenvalue weighted by Gasteiger charge is 2.71. The molecule has 236 valence electrons. The van der Waals surface area contributed by atoms with E-state index in [-0.39, 0.29) is 44.9 Å². The summed E-state index contributed by atoms with van der Waals surface area (Å²) in [7, 11) is 0. The molecule has 0 radical (unpaired) electrons. The lowest BCUT2D eigenvalue weighted by Gasteiger charge is -2.72. The van der Waals surface area contributed by atoms with Gasteiger partial charge in [0.2, 0.25) is 0 Å². The molecule has 1 aliphatic heterocycles. The van der Waals surface area contributed by atoms with Gasteiger partial charge in [-0.3, -0.25) is 4.79 Å². The van der Waals surface area contributed by atoms with Crippen LogP contribution in [-0.4, -0.2) is 35.0 Å². The monoisotopic (exact) mass is 594 g/mol. The van der Waals surface area contributed by atoms with Gasteiger partial charge in [0.25, 0.3) is 0 Å². The number of carboxylic acid groups (broad SMARTS) is 1. The number of allylic oxidation sites excluding steroid dienone is 2. The Morgan fingerprint density at radius 2 is 1.60 bits per heavy atom. The summed E-state index contributed by atoms with van der Waals surface area (Å²) in [4.78, 5) is 12.9. The predicted molar refractivity (Wildman–Crippen MR) is 162 cm³/mol. The van der Waals surface area contributed by atoms with Crippen molar-refractivity contribution in [1.29, 1.82) is 0 Å². The lowest BCUT2D eigenvalue weighted by Crippen LogP contribution is -2.69. The van der Waals surface area contributed by atoms with Crippen LogP contribution in [-0.2, 0) is 14.3 Å². The van der Waals surface area contributed by atoms with Crippen molar-refractivity contribution in [3.05, 3.63) is 47.3 Å². The van der Waals surface area contributed by atoms with Crippen molar-refractivity contribution in [2.24, 2.45) is 50.2 Å². The zero-order valence-corrected chi connectivity index (χ0v) is 26.9. The van der Waals surface area contributed by atoms with Gasteiger partial charge in [-0.05, 0) is 109 Å². The maximum Gasteiger partial charge on any atom is 0.310 e. The third-order valence-corrected chi connectivity index (χ3v) is 14.7. The van der Waals surface area contributed by atoms with Crippen LogP contribution in [0.5, 0.6) is 0 Å². The number of aliphatic hydroxyl groups excluding tert-OH is 1. The van der Waals surface area contributed by atoms with Crippen LogP contribution in [0.25, 0.3) is 0 Å². The number of hydrogen-bond donors (Lipinski definition) is 2. The van der Waals surface area contributed by atoms with Gasteiger partial charge in [-0.25, -0.2) is 4.39 Å². The highest BCUT2D eigenvalue weighted by atomic mass is 19.1. The standard InChI is InChI=1S/C37H51FO5/c1-32(2)15-17-37(31(40)41)18-16-35(5)24(25(37)19-32)11-12-28-33(3)20-26(39)29-34(4,27(33)13-14-36(28,35)6)21-42-30(43-29)22-7-9-23(38)10-8-22/h7-11,25-30,39H,12-21H2,1-6H3,(H,40,41)/t25?,26-,27?,28?,29+,30?,33+,34+,35-,36-,37+/m1/s1. The molecule has 1 aromatic rings. The number of fused-ring (bicyclic) bond motifs is 9. The Hall–Kier alpha value is -1.76. The van der Waals surface area contributed by atoms with E-state index in [4.69, 9.17) is 9.47 Å². The summed E-state index contributed by atoms with van der Waals surface area (Å²) in [5.74, 6) is -0.0822. The fraction of sp³-hybridized carbons (Fsp3) is 0.757. The minimum Gasteiger partial charge on any atom is -0.481 e. The van der Waals surface area contributed by atoms with E-state index in [1.807, 2.05) is 0 Å². The van der Waals surface area contributed by atoms with Crippen LogP contribution in [0.15, 0.2) is 35.9 Å². The molecule has 43 heavy (non-hydrogen) atoms. The first-order valence-electron chi connectivity index (χ1n) is 16.7. The summed E-state index contributed by atoms with van der Waals surface area (Å²) in [6.45, 7) is 14.8. The Balaban J connectivity index is 1.23. The molecule has 1 heterocycles. The van der Waals surface area contributed by atoms with Gasteiger partial charge in [-0.15, -0.1) is 0 Å². The van der Waals surface area contributed by atoms with Crippen LogP contribution in [0.2, 0.25) is 0 Å². The summed E-state index contributed by atoms with van der Waals surface area (Å²) in [6, 6.07) is 6.27. The Morgan fingerprint density at radius 1 is 0.907 bits per heavy atom. The second-order valence-electron chi connectivity index (χ2n) is 17.2. The van der Waals surface area contributed by atoms with E-state index in [0.717, 1.165) is 56.9 Å². The molecule has 5 fully saturated rings. The fourth-order valence-electron chi connectivity index (χ4n) is 12.2. The van der Waals surface area contributed by atoms with E-state index < -0.39 is 23.8 Å². The van der Waals surface area contributed by atoms with Crippen LogP contribution < -0.4 is 0 Å². The molecule has 0 bridgehead atoms. The summed E-state index contributed by atoms with van der Waals surface area (Å²) >= 11 is 0. The minimum atomic E-state index is -0.634. The molecule has 5 nitrogen and oxygen atoms in total. The number of aliphatic carboxylic acids is 1. The third kappa shape index (κ3) is 3.94. The van der Waals surface area contributed by atoms with Gasteiger partial charge >= 0.3 is 5.97 Å². The van der Waals surface area contributed by atoms with Gasteiger partial charge in [0.1, 0.15) is 5.82 Å². The highest BCUT2D eigenvalue weighted by molar-refractivity contribution is 5.76. The molecule has 11 atom stereocenters. The van der Waals surface area contributed by atoms with Crippen molar-refractivity contribution in [1.82, 2.24) is 0 Å². The molecule has 6 aliphatic rings. The van der Waals surface area contributed by atoms with Crippen molar-refractivity contribution < 1.29 is 28.9 Å². The number of rotatable bonds is 2. The molecule has 5 aliphatic carbocycles. The lowest BCUT2D eigenvalue weighted by atomic mass is 9.33. The van der Waals surface area contributed by atoms with E-state index in [1.54, 1.807) is 12.1 Å². The number of ether oxygens (including phenoxy) is 2. The van der Waals surface area contributed by atoms with E-state index in [0.29, 0.717) is 24.9 Å². The average Bonchev–Trinajstić information content (AvgIpc) is 2.93. The smallest absolute Gasteiger partial charge is 0.310 e. The third-order valence-electron chi connectivity index (χ3n) is 14.7. The van der Waals surface area contributed by atoms with E-state index >= 15 is 0 Å². The second-order valence-corrected chi connectivity index (χ2v) is 17.2. The quantitative estimate of drug-likeness (QED) is 0.339. The van der Waals surface area contributed by atoms with Gasteiger partial charge in [0.15, 0.2) is 6.29 Å². The van der Waals surface area contributed by atoms with Crippen LogP contribution in [0.1, 0.15) is 111 Å². The zero-order valence-electron chi connectivity index (χ0n) is 26.9. The van der Waals surface area contributed by atoms with Crippen molar-refractivity contribution in [3.63, 3.8) is 0 Å². The molecule has 4 saturated carbocycles. The summed E-state index contributed by atoms with van der Waals surface area (Å²) in [5.41, 5.74) is 1.24. The van der Waals surface area contributed by atoms with E-state index in [9.17, 15) is 19.4 Å². The maximum atomic E-state index is 13.6. The van der Waals surface area contributed by atoms with Crippen LogP contribution in [0, 0.1) is 56.1 Å². The average molecular weight is 595 g/mol. The van der Waals surface area contributed by atoms with Gasteiger partial charge in [0, 0.05) is 11.0 Å². The van der Waals surface area contributed by atoms with Gasteiger partial charge < -0.3 is 19.7 Å². The maximum absolute atomic E-state index is 13.6. The van der Waals surface area contributed by atoms with Crippen molar-refractivity contribution in [3.8, 4) is 0 Å². The molecular formula is C37H51FO5.